The molecule has 0 radical (unpaired) electrons. The number of hydrogen-bond donors (Lipinski definition) is 0. The topological polar surface area (TPSA) is 64.6 Å². The molecule has 0 bridgehead atoms. The van der Waals surface area contributed by atoms with Crippen LogP contribution in [-0.4, -0.2) is 45.9 Å². The molecular weight excluding hydrogens is 314 g/mol. The SMILES string of the molecule is COc1ccccc1COC1CCN(C(=O)c2cnsn2)CC1. The van der Waals surface area contributed by atoms with Gasteiger partial charge in [0, 0.05) is 18.7 Å². The molecule has 0 N–H and O–H groups in total. The lowest BCUT2D eigenvalue weighted by atomic mass is 10.1. The number of carbonyl (C=O) groups is 1. The molecule has 3 rings (SSSR count). The van der Waals surface area contributed by atoms with Gasteiger partial charge in [-0.25, -0.2) is 0 Å². The van der Waals surface area contributed by atoms with Crippen molar-refractivity contribution in [3.8, 4) is 5.75 Å². The van der Waals surface area contributed by atoms with Crippen molar-refractivity contribution in [2.75, 3.05) is 20.2 Å². The van der Waals surface area contributed by atoms with Crippen LogP contribution in [0.2, 0.25) is 0 Å². The van der Waals surface area contributed by atoms with E-state index in [4.69, 9.17) is 9.47 Å². The summed E-state index contributed by atoms with van der Waals surface area (Å²) in [5, 5.41) is 0. The summed E-state index contributed by atoms with van der Waals surface area (Å²) in [6.45, 7) is 1.90. The fraction of sp³-hybridized carbons (Fsp3) is 0.438. The Balaban J connectivity index is 1.49. The molecular formula is C16H19N3O3S. The third-order valence-corrected chi connectivity index (χ3v) is 4.45. The van der Waals surface area contributed by atoms with E-state index in [0.717, 1.165) is 35.9 Å². The summed E-state index contributed by atoms with van der Waals surface area (Å²) in [6.07, 6.45) is 3.35. The van der Waals surface area contributed by atoms with Crippen LogP contribution in [0.25, 0.3) is 0 Å². The fourth-order valence-electron chi connectivity index (χ4n) is 2.68. The highest BCUT2D eigenvalue weighted by Crippen LogP contribution is 2.21. The van der Waals surface area contributed by atoms with Crippen molar-refractivity contribution >= 4 is 17.6 Å². The van der Waals surface area contributed by atoms with Gasteiger partial charge >= 0.3 is 0 Å². The lowest BCUT2D eigenvalue weighted by molar-refractivity contribution is -0.00107. The molecule has 1 aliphatic heterocycles. The molecule has 1 aliphatic rings. The van der Waals surface area contributed by atoms with Gasteiger partial charge in [-0.15, -0.1) is 0 Å². The van der Waals surface area contributed by atoms with Crippen molar-refractivity contribution in [2.24, 2.45) is 0 Å². The van der Waals surface area contributed by atoms with Crippen molar-refractivity contribution in [1.29, 1.82) is 0 Å². The number of rotatable bonds is 5. The molecule has 23 heavy (non-hydrogen) atoms. The Labute approximate surface area is 139 Å². The number of methoxy groups -OCH3 is 1. The van der Waals surface area contributed by atoms with E-state index in [1.807, 2.05) is 29.2 Å². The van der Waals surface area contributed by atoms with Crippen molar-refractivity contribution < 1.29 is 14.3 Å². The molecule has 1 aromatic carbocycles. The highest BCUT2D eigenvalue weighted by atomic mass is 32.1. The number of aromatic nitrogens is 2. The number of carbonyl (C=O) groups excluding carboxylic acids is 1. The second-order valence-corrected chi connectivity index (χ2v) is 5.96. The van der Waals surface area contributed by atoms with Crippen molar-refractivity contribution in [1.82, 2.24) is 13.6 Å². The summed E-state index contributed by atoms with van der Waals surface area (Å²) < 4.78 is 19.2. The molecule has 7 heteroatoms. The molecule has 1 aromatic heterocycles. The van der Waals surface area contributed by atoms with Gasteiger partial charge in [-0.1, -0.05) is 18.2 Å². The molecule has 6 nitrogen and oxygen atoms in total. The minimum Gasteiger partial charge on any atom is -0.496 e. The quantitative estimate of drug-likeness (QED) is 0.840. The maximum Gasteiger partial charge on any atom is 0.275 e. The molecule has 0 atom stereocenters. The molecule has 0 aliphatic carbocycles. The molecule has 2 aromatic rings. The lowest BCUT2D eigenvalue weighted by Crippen LogP contribution is -2.41. The zero-order chi connectivity index (χ0) is 16.1. The predicted octanol–water partition coefficient (Wildman–Crippen LogP) is 2.37. The van der Waals surface area contributed by atoms with Gasteiger partial charge in [0.2, 0.25) is 0 Å². The molecule has 122 valence electrons. The number of likely N-dealkylation sites (tertiary alicyclic amines) is 1. The maximum absolute atomic E-state index is 12.2. The van der Waals surface area contributed by atoms with Gasteiger partial charge < -0.3 is 14.4 Å². The van der Waals surface area contributed by atoms with Gasteiger partial charge in [0.15, 0.2) is 5.69 Å². The average Bonchev–Trinajstić information content (AvgIpc) is 3.14. The first-order valence-corrected chi connectivity index (χ1v) is 8.31. The summed E-state index contributed by atoms with van der Waals surface area (Å²) >= 11 is 1.06. The second kappa shape index (κ2) is 7.52. The van der Waals surface area contributed by atoms with Crippen LogP contribution >= 0.6 is 11.7 Å². The third kappa shape index (κ3) is 3.86. The Morgan fingerprint density at radius 3 is 2.83 bits per heavy atom. The van der Waals surface area contributed by atoms with Gasteiger partial charge in [-0.3, -0.25) is 4.79 Å². The van der Waals surface area contributed by atoms with Crippen LogP contribution in [0.3, 0.4) is 0 Å². The van der Waals surface area contributed by atoms with E-state index in [0.29, 0.717) is 25.4 Å². The largest absolute Gasteiger partial charge is 0.496 e. The van der Waals surface area contributed by atoms with Gasteiger partial charge in [0.1, 0.15) is 5.75 Å². The summed E-state index contributed by atoms with van der Waals surface area (Å²) in [5.74, 6) is 0.804. The minimum atomic E-state index is -0.0399. The van der Waals surface area contributed by atoms with Crippen molar-refractivity contribution in [2.45, 2.75) is 25.6 Å². The first-order valence-electron chi connectivity index (χ1n) is 7.58. The molecule has 1 amide bonds. The summed E-state index contributed by atoms with van der Waals surface area (Å²) in [6, 6.07) is 7.86. The van der Waals surface area contributed by atoms with Crippen LogP contribution in [-0.2, 0) is 11.3 Å². The molecule has 0 spiro atoms. The maximum atomic E-state index is 12.2. The lowest BCUT2D eigenvalue weighted by Gasteiger charge is -2.31. The zero-order valence-electron chi connectivity index (χ0n) is 13.0. The Morgan fingerprint density at radius 2 is 2.13 bits per heavy atom. The van der Waals surface area contributed by atoms with Crippen LogP contribution in [0.15, 0.2) is 30.5 Å². The van der Waals surface area contributed by atoms with Crippen LogP contribution in [0.5, 0.6) is 5.75 Å². The molecule has 2 heterocycles. The Kier molecular flexibility index (Phi) is 5.19. The third-order valence-electron chi connectivity index (χ3n) is 3.98. The van der Waals surface area contributed by atoms with Gasteiger partial charge in [0.25, 0.3) is 5.91 Å². The van der Waals surface area contributed by atoms with E-state index < -0.39 is 0 Å². The first-order chi connectivity index (χ1) is 11.3. The Bertz CT molecular complexity index is 640. The fourth-order valence-corrected chi connectivity index (χ4v) is 3.08. The summed E-state index contributed by atoms with van der Waals surface area (Å²) in [7, 11) is 1.66. The average molecular weight is 333 g/mol. The van der Waals surface area contributed by atoms with Crippen LogP contribution < -0.4 is 4.74 Å². The van der Waals surface area contributed by atoms with E-state index in [9.17, 15) is 4.79 Å². The van der Waals surface area contributed by atoms with E-state index in [-0.39, 0.29) is 12.0 Å². The predicted molar refractivity (Wildman–Crippen MR) is 86.6 cm³/mol. The minimum absolute atomic E-state index is 0.0399. The Morgan fingerprint density at radius 1 is 1.35 bits per heavy atom. The van der Waals surface area contributed by atoms with Crippen molar-refractivity contribution in [3.63, 3.8) is 0 Å². The highest BCUT2D eigenvalue weighted by molar-refractivity contribution is 6.99. The number of benzene rings is 1. The van der Waals surface area contributed by atoms with Gasteiger partial charge in [-0.05, 0) is 18.9 Å². The second-order valence-electron chi connectivity index (χ2n) is 5.41. The molecule has 0 saturated carbocycles. The van der Waals surface area contributed by atoms with E-state index in [1.54, 1.807) is 7.11 Å². The number of hydrogen-bond acceptors (Lipinski definition) is 6. The van der Waals surface area contributed by atoms with Gasteiger partial charge in [0.05, 0.1) is 37.7 Å². The van der Waals surface area contributed by atoms with Crippen LogP contribution in [0.4, 0.5) is 0 Å². The van der Waals surface area contributed by atoms with Crippen molar-refractivity contribution in [3.05, 3.63) is 41.7 Å². The number of para-hydroxylation sites is 1. The van der Waals surface area contributed by atoms with Gasteiger partial charge in [-0.2, -0.15) is 8.75 Å². The van der Waals surface area contributed by atoms with E-state index >= 15 is 0 Å². The zero-order valence-corrected chi connectivity index (χ0v) is 13.8. The molecule has 1 fully saturated rings. The smallest absolute Gasteiger partial charge is 0.275 e. The Hall–Kier alpha value is -1.99. The van der Waals surface area contributed by atoms with Crippen LogP contribution in [0, 0.1) is 0 Å². The van der Waals surface area contributed by atoms with E-state index in [1.165, 1.54) is 6.20 Å². The summed E-state index contributed by atoms with van der Waals surface area (Å²) in [5.41, 5.74) is 1.48. The number of ether oxygens (including phenoxy) is 2. The summed E-state index contributed by atoms with van der Waals surface area (Å²) in [4.78, 5) is 14.0. The molecule has 0 unspecified atom stereocenters. The molecule has 1 saturated heterocycles. The number of amides is 1. The highest BCUT2D eigenvalue weighted by Gasteiger charge is 2.25. The van der Waals surface area contributed by atoms with E-state index in [2.05, 4.69) is 8.75 Å². The number of piperidine rings is 1. The monoisotopic (exact) mass is 333 g/mol. The first kappa shape index (κ1) is 15.9. The normalized spacial score (nSPS) is 15.6. The number of nitrogens with zero attached hydrogens (tertiary/aromatic N) is 3. The standard InChI is InChI=1S/C16H19N3O3S/c1-21-15-5-3-2-4-12(15)11-22-13-6-8-19(9-7-13)16(20)14-10-17-23-18-14/h2-5,10,13H,6-9,11H2,1H3. The van der Waals surface area contributed by atoms with Crippen LogP contribution in [0.1, 0.15) is 28.9 Å².